The molecular formula is C21H27F2N3O3. The number of ether oxygens (including phenoxy) is 3. The molecule has 0 radical (unpaired) electrons. The average Bonchev–Trinajstić information content (AvgIpc) is 2.72. The highest BCUT2D eigenvalue weighted by atomic mass is 19.3. The second-order valence-electron chi connectivity index (χ2n) is 5.97. The van der Waals surface area contributed by atoms with E-state index in [0.717, 1.165) is 17.7 Å². The highest BCUT2D eigenvalue weighted by molar-refractivity contribution is 5.79. The number of nitrogens with one attached hydrogen (secondary N) is 2. The minimum atomic E-state index is -2.94. The van der Waals surface area contributed by atoms with Crippen LogP contribution < -0.4 is 24.8 Å². The molecule has 0 unspecified atom stereocenters. The van der Waals surface area contributed by atoms with Gasteiger partial charge in [0.25, 0.3) is 0 Å². The van der Waals surface area contributed by atoms with Crippen molar-refractivity contribution in [1.82, 2.24) is 10.6 Å². The Bertz CT molecular complexity index is 800. The number of alkyl halides is 2. The van der Waals surface area contributed by atoms with Gasteiger partial charge in [-0.1, -0.05) is 30.3 Å². The van der Waals surface area contributed by atoms with E-state index >= 15 is 0 Å². The number of halogens is 2. The van der Waals surface area contributed by atoms with Crippen LogP contribution in [0.25, 0.3) is 0 Å². The lowest BCUT2D eigenvalue weighted by Crippen LogP contribution is -2.38. The average molecular weight is 407 g/mol. The Morgan fingerprint density at radius 2 is 1.76 bits per heavy atom. The molecule has 8 heteroatoms. The summed E-state index contributed by atoms with van der Waals surface area (Å²) < 4.78 is 41.1. The van der Waals surface area contributed by atoms with E-state index in [0.29, 0.717) is 24.7 Å². The second kappa shape index (κ2) is 11.7. The lowest BCUT2D eigenvalue weighted by Gasteiger charge is -2.17. The zero-order valence-corrected chi connectivity index (χ0v) is 16.9. The summed E-state index contributed by atoms with van der Waals surface area (Å²) in [6.07, 6.45) is 0.740. The Labute approximate surface area is 169 Å². The summed E-state index contributed by atoms with van der Waals surface area (Å²) in [5, 5.41) is 6.31. The Hall–Kier alpha value is -3.03. The standard InChI is InChI=1S/C21H27F2N3O3/c1-4-28-18-11-7-9-16(19(18)29-20(22)23)14-26-21(24-2)25-13-12-15-8-5-6-10-17(15)27-3/h5-11,20H,4,12-14H2,1-3H3,(H2,24,25,26). The predicted octanol–water partition coefficient (Wildman–Crippen LogP) is 3.60. The van der Waals surface area contributed by atoms with Gasteiger partial charge in [0.05, 0.1) is 13.7 Å². The molecule has 6 nitrogen and oxygen atoms in total. The zero-order chi connectivity index (χ0) is 21.1. The molecule has 2 rings (SSSR count). The largest absolute Gasteiger partial charge is 0.496 e. The van der Waals surface area contributed by atoms with Crippen molar-refractivity contribution >= 4 is 5.96 Å². The van der Waals surface area contributed by atoms with Gasteiger partial charge in [-0.3, -0.25) is 4.99 Å². The smallest absolute Gasteiger partial charge is 0.387 e. The third-order valence-corrected chi connectivity index (χ3v) is 4.12. The molecule has 0 bridgehead atoms. The Morgan fingerprint density at radius 3 is 2.45 bits per heavy atom. The molecule has 0 aliphatic heterocycles. The van der Waals surface area contributed by atoms with Gasteiger partial charge in [0.15, 0.2) is 17.5 Å². The summed E-state index contributed by atoms with van der Waals surface area (Å²) in [5.41, 5.74) is 1.62. The molecule has 0 atom stereocenters. The summed E-state index contributed by atoms with van der Waals surface area (Å²) in [4.78, 5) is 4.17. The van der Waals surface area contributed by atoms with Gasteiger partial charge in [-0.2, -0.15) is 8.78 Å². The monoisotopic (exact) mass is 407 g/mol. The van der Waals surface area contributed by atoms with Crippen LogP contribution in [-0.2, 0) is 13.0 Å². The molecular weight excluding hydrogens is 380 g/mol. The third-order valence-electron chi connectivity index (χ3n) is 4.12. The van der Waals surface area contributed by atoms with Crippen molar-refractivity contribution in [3.63, 3.8) is 0 Å². The second-order valence-corrected chi connectivity index (χ2v) is 5.97. The Morgan fingerprint density at radius 1 is 1.03 bits per heavy atom. The maximum Gasteiger partial charge on any atom is 0.387 e. The van der Waals surface area contributed by atoms with Gasteiger partial charge in [-0.15, -0.1) is 0 Å². The number of rotatable bonds is 10. The van der Waals surface area contributed by atoms with Gasteiger partial charge in [-0.05, 0) is 31.0 Å². The zero-order valence-electron chi connectivity index (χ0n) is 16.9. The van der Waals surface area contributed by atoms with E-state index in [1.54, 1.807) is 39.3 Å². The lowest BCUT2D eigenvalue weighted by atomic mass is 10.1. The van der Waals surface area contributed by atoms with E-state index in [1.807, 2.05) is 24.3 Å². The molecule has 0 aliphatic carbocycles. The van der Waals surface area contributed by atoms with Crippen LogP contribution in [0.15, 0.2) is 47.5 Å². The topological polar surface area (TPSA) is 64.1 Å². The van der Waals surface area contributed by atoms with E-state index in [2.05, 4.69) is 20.4 Å². The molecule has 2 N–H and O–H groups in total. The van der Waals surface area contributed by atoms with E-state index in [9.17, 15) is 8.78 Å². The fourth-order valence-electron chi connectivity index (χ4n) is 2.82. The molecule has 2 aromatic rings. The molecule has 0 saturated carbocycles. The fourth-order valence-corrected chi connectivity index (χ4v) is 2.82. The minimum Gasteiger partial charge on any atom is -0.496 e. The van der Waals surface area contributed by atoms with Crippen LogP contribution in [0.2, 0.25) is 0 Å². The summed E-state index contributed by atoms with van der Waals surface area (Å²) in [6.45, 7) is 0.0675. The predicted molar refractivity (Wildman–Crippen MR) is 109 cm³/mol. The molecule has 0 amide bonds. The summed E-state index contributed by atoms with van der Waals surface area (Å²) in [6, 6.07) is 12.8. The van der Waals surface area contributed by atoms with Crippen LogP contribution in [0, 0.1) is 0 Å². The van der Waals surface area contributed by atoms with Crippen molar-refractivity contribution < 1.29 is 23.0 Å². The fraction of sp³-hybridized carbons (Fsp3) is 0.381. The first-order valence-corrected chi connectivity index (χ1v) is 9.34. The number of guanidine groups is 1. The van der Waals surface area contributed by atoms with Crippen molar-refractivity contribution in [2.75, 3.05) is 27.3 Å². The number of benzene rings is 2. The summed E-state index contributed by atoms with van der Waals surface area (Å²) in [5.74, 6) is 1.69. The number of nitrogens with zero attached hydrogens (tertiary/aromatic N) is 1. The Balaban J connectivity index is 1.97. The highest BCUT2D eigenvalue weighted by Crippen LogP contribution is 2.32. The molecule has 158 valence electrons. The molecule has 0 spiro atoms. The first-order chi connectivity index (χ1) is 14.1. The molecule has 0 fully saturated rings. The molecule has 2 aromatic carbocycles. The van der Waals surface area contributed by atoms with Gasteiger partial charge in [0, 0.05) is 25.7 Å². The third kappa shape index (κ3) is 6.81. The molecule has 0 aliphatic rings. The first kappa shape index (κ1) is 22.3. The number of hydrogen-bond acceptors (Lipinski definition) is 4. The Kier molecular flexibility index (Phi) is 9.01. The SMILES string of the molecule is CCOc1cccc(CNC(=NC)NCCc2ccccc2OC)c1OC(F)F. The van der Waals surface area contributed by atoms with Crippen molar-refractivity contribution in [2.45, 2.75) is 26.5 Å². The number of para-hydroxylation sites is 2. The summed E-state index contributed by atoms with van der Waals surface area (Å²) in [7, 11) is 3.29. The van der Waals surface area contributed by atoms with Gasteiger partial charge in [0.2, 0.25) is 0 Å². The molecule has 0 aromatic heterocycles. The molecule has 29 heavy (non-hydrogen) atoms. The quantitative estimate of drug-likeness (QED) is 0.465. The van der Waals surface area contributed by atoms with Gasteiger partial charge < -0.3 is 24.8 Å². The van der Waals surface area contributed by atoms with E-state index in [4.69, 9.17) is 9.47 Å². The van der Waals surface area contributed by atoms with E-state index in [-0.39, 0.29) is 18.0 Å². The van der Waals surface area contributed by atoms with Crippen molar-refractivity contribution in [1.29, 1.82) is 0 Å². The van der Waals surface area contributed by atoms with Crippen molar-refractivity contribution in [2.24, 2.45) is 4.99 Å². The normalized spacial score (nSPS) is 11.3. The van der Waals surface area contributed by atoms with Gasteiger partial charge in [-0.25, -0.2) is 0 Å². The number of hydrogen-bond donors (Lipinski definition) is 2. The van der Waals surface area contributed by atoms with Crippen molar-refractivity contribution in [3.05, 3.63) is 53.6 Å². The number of methoxy groups -OCH3 is 1. The molecule has 0 heterocycles. The van der Waals surface area contributed by atoms with Gasteiger partial charge in [0.1, 0.15) is 5.75 Å². The van der Waals surface area contributed by atoms with Crippen molar-refractivity contribution in [3.8, 4) is 17.2 Å². The van der Waals surface area contributed by atoms with E-state index < -0.39 is 6.61 Å². The maximum absolute atomic E-state index is 12.8. The van der Waals surface area contributed by atoms with Crippen LogP contribution in [0.3, 0.4) is 0 Å². The minimum absolute atomic E-state index is 0.0290. The summed E-state index contributed by atoms with van der Waals surface area (Å²) >= 11 is 0. The van der Waals surface area contributed by atoms with E-state index in [1.165, 1.54) is 0 Å². The van der Waals surface area contributed by atoms with Crippen LogP contribution in [0.5, 0.6) is 17.2 Å². The maximum atomic E-state index is 12.8. The van der Waals surface area contributed by atoms with Crippen LogP contribution in [0.4, 0.5) is 8.78 Å². The van der Waals surface area contributed by atoms with Crippen LogP contribution >= 0.6 is 0 Å². The number of aliphatic imine (C=N–C) groups is 1. The van der Waals surface area contributed by atoms with Crippen LogP contribution in [-0.4, -0.2) is 39.9 Å². The van der Waals surface area contributed by atoms with Gasteiger partial charge >= 0.3 is 6.61 Å². The molecule has 0 saturated heterocycles. The van der Waals surface area contributed by atoms with Crippen LogP contribution in [0.1, 0.15) is 18.1 Å². The highest BCUT2D eigenvalue weighted by Gasteiger charge is 2.16. The first-order valence-electron chi connectivity index (χ1n) is 9.34. The lowest BCUT2D eigenvalue weighted by molar-refractivity contribution is -0.0520.